The molecule has 2 saturated heterocycles. The maximum absolute atomic E-state index is 12.1. The summed E-state index contributed by atoms with van der Waals surface area (Å²) in [6.45, 7) is 8.04. The number of piperidine rings is 2. The van der Waals surface area contributed by atoms with Crippen molar-refractivity contribution in [3.05, 3.63) is 35.9 Å². The average molecular weight is 587 g/mol. The van der Waals surface area contributed by atoms with E-state index in [2.05, 4.69) is 29.4 Å². The minimum Gasteiger partial charge on any atom is -0.481 e. The molecule has 0 saturated carbocycles. The summed E-state index contributed by atoms with van der Waals surface area (Å²) in [4.78, 5) is 66.4. The minimum atomic E-state index is -0.760. The fourth-order valence-electron chi connectivity index (χ4n) is 4.46. The molecule has 4 heterocycles. The monoisotopic (exact) mass is 586 g/mol. The van der Waals surface area contributed by atoms with Gasteiger partial charge in [0.05, 0.1) is 26.1 Å². The second-order valence-corrected chi connectivity index (χ2v) is 10.9. The zero-order valence-electron chi connectivity index (χ0n) is 24.6. The van der Waals surface area contributed by atoms with Crippen molar-refractivity contribution < 1.29 is 38.5 Å². The van der Waals surface area contributed by atoms with Crippen LogP contribution in [0.3, 0.4) is 0 Å². The van der Waals surface area contributed by atoms with Crippen LogP contribution in [0, 0.1) is 11.8 Å². The van der Waals surface area contributed by atoms with E-state index in [4.69, 9.17) is 9.84 Å². The van der Waals surface area contributed by atoms with Crippen molar-refractivity contribution >= 4 is 35.8 Å². The van der Waals surface area contributed by atoms with Gasteiger partial charge in [-0.05, 0) is 58.6 Å². The van der Waals surface area contributed by atoms with E-state index >= 15 is 0 Å². The molecule has 0 aromatic carbocycles. The Balaban J connectivity index is 0.000000235. The Morgan fingerprint density at radius 1 is 0.762 bits per heavy atom. The smallest absolute Gasteiger partial charge is 0.356 e. The largest absolute Gasteiger partial charge is 0.481 e. The molecular weight excluding hydrogens is 548 g/mol. The lowest BCUT2D eigenvalue weighted by atomic mass is 9.97. The number of carboxylic acid groups (broad SMARTS) is 1. The van der Waals surface area contributed by atoms with Gasteiger partial charge in [0.25, 0.3) is 0 Å². The number of esters is 3. The molecule has 2 aliphatic heterocycles. The van der Waals surface area contributed by atoms with Crippen LogP contribution in [0.2, 0.25) is 0 Å². The zero-order valence-corrected chi connectivity index (χ0v) is 24.6. The molecule has 2 aliphatic rings. The van der Waals surface area contributed by atoms with Crippen LogP contribution in [-0.4, -0.2) is 94.9 Å². The molecule has 228 valence electrons. The van der Waals surface area contributed by atoms with Crippen molar-refractivity contribution in [3.63, 3.8) is 0 Å². The molecule has 0 radical (unpaired) electrons. The first-order chi connectivity index (χ1) is 19.9. The number of carbonyl (C=O) groups is 4. The van der Waals surface area contributed by atoms with E-state index in [0.717, 1.165) is 0 Å². The molecular formula is C28H38N6O8. The third-order valence-corrected chi connectivity index (χ3v) is 6.72. The first kappa shape index (κ1) is 32.2. The summed E-state index contributed by atoms with van der Waals surface area (Å²) in [5.41, 5.74) is -0.0359. The summed E-state index contributed by atoms with van der Waals surface area (Å²) in [5.74, 6) is -1.40. The van der Waals surface area contributed by atoms with Gasteiger partial charge in [0, 0.05) is 38.6 Å². The van der Waals surface area contributed by atoms with E-state index in [9.17, 15) is 19.2 Å². The number of ether oxygens (including phenoxy) is 3. The van der Waals surface area contributed by atoms with E-state index in [-0.39, 0.29) is 29.2 Å². The number of rotatable bonds is 6. The van der Waals surface area contributed by atoms with Crippen LogP contribution < -0.4 is 9.80 Å². The van der Waals surface area contributed by atoms with Crippen LogP contribution in [0.5, 0.6) is 0 Å². The average Bonchev–Trinajstić information content (AvgIpc) is 3.00. The number of carboxylic acids is 1. The molecule has 4 rings (SSSR count). The molecule has 2 aromatic rings. The molecule has 14 nitrogen and oxygen atoms in total. The van der Waals surface area contributed by atoms with Gasteiger partial charge in [-0.15, -0.1) is 0 Å². The second-order valence-electron chi connectivity index (χ2n) is 10.9. The molecule has 0 atom stereocenters. The van der Waals surface area contributed by atoms with Gasteiger partial charge in [-0.1, -0.05) is 0 Å². The van der Waals surface area contributed by atoms with Gasteiger partial charge in [0.1, 0.15) is 5.60 Å². The van der Waals surface area contributed by atoms with Crippen LogP contribution >= 0.6 is 0 Å². The summed E-state index contributed by atoms with van der Waals surface area (Å²) in [5, 5.41) is 8.93. The number of nitrogens with zero attached hydrogens (tertiary/aromatic N) is 6. The Morgan fingerprint density at radius 3 is 1.52 bits per heavy atom. The highest BCUT2D eigenvalue weighted by molar-refractivity contribution is 5.87. The number of methoxy groups -OCH3 is 2. The lowest BCUT2D eigenvalue weighted by molar-refractivity contribution is -0.160. The molecule has 0 bridgehead atoms. The molecule has 2 aromatic heterocycles. The van der Waals surface area contributed by atoms with Crippen LogP contribution in [0.15, 0.2) is 24.5 Å². The van der Waals surface area contributed by atoms with Gasteiger partial charge in [0.15, 0.2) is 11.4 Å². The predicted molar refractivity (Wildman–Crippen MR) is 150 cm³/mol. The molecule has 0 unspecified atom stereocenters. The summed E-state index contributed by atoms with van der Waals surface area (Å²) in [7, 11) is 2.61. The predicted octanol–water partition coefficient (Wildman–Crippen LogP) is 2.39. The lowest BCUT2D eigenvalue weighted by Crippen LogP contribution is -2.39. The van der Waals surface area contributed by atoms with Gasteiger partial charge in [-0.25, -0.2) is 29.5 Å². The van der Waals surface area contributed by atoms with Gasteiger partial charge >= 0.3 is 23.9 Å². The fourth-order valence-corrected chi connectivity index (χ4v) is 4.46. The molecule has 42 heavy (non-hydrogen) atoms. The maximum Gasteiger partial charge on any atom is 0.356 e. The van der Waals surface area contributed by atoms with Crippen LogP contribution in [0.1, 0.15) is 67.4 Å². The number of aliphatic carboxylic acids is 1. The van der Waals surface area contributed by atoms with Crippen molar-refractivity contribution in [2.24, 2.45) is 11.8 Å². The van der Waals surface area contributed by atoms with Crippen LogP contribution in [0.25, 0.3) is 0 Å². The van der Waals surface area contributed by atoms with Crippen molar-refractivity contribution in [1.29, 1.82) is 0 Å². The zero-order chi connectivity index (χ0) is 30.9. The van der Waals surface area contributed by atoms with Crippen molar-refractivity contribution in [1.82, 2.24) is 19.9 Å². The van der Waals surface area contributed by atoms with Gasteiger partial charge in [0.2, 0.25) is 11.9 Å². The molecule has 1 N–H and O–H groups in total. The molecule has 2 fully saturated rings. The second kappa shape index (κ2) is 14.5. The van der Waals surface area contributed by atoms with Crippen molar-refractivity contribution in [2.45, 2.75) is 52.1 Å². The molecule has 0 aliphatic carbocycles. The quantitative estimate of drug-likeness (QED) is 0.386. The highest BCUT2D eigenvalue weighted by Gasteiger charge is 2.30. The summed E-state index contributed by atoms with van der Waals surface area (Å²) in [6, 6.07) is 3.00. The highest BCUT2D eigenvalue weighted by Crippen LogP contribution is 2.24. The third kappa shape index (κ3) is 9.08. The van der Waals surface area contributed by atoms with Gasteiger partial charge in [-0.2, -0.15) is 0 Å². The standard InChI is InChI=1S/C16H23N3O4.C12H15N3O4/c1-16(2,3)23-13(20)11-6-9-19(10-7-11)15-17-8-5-12(18-15)14(21)22-4;1-19-11(18)9-2-5-13-12(14-9)15-6-3-8(4-7-15)10(16)17/h5,8,11H,6-7,9-10H2,1-4H3;2,5,8H,3-4,6-7H2,1H3,(H,16,17). The van der Waals surface area contributed by atoms with E-state index in [1.807, 2.05) is 30.6 Å². The van der Waals surface area contributed by atoms with Gasteiger partial charge < -0.3 is 29.1 Å². The Labute approximate surface area is 244 Å². The normalized spacial score (nSPS) is 16.1. The Morgan fingerprint density at radius 2 is 1.17 bits per heavy atom. The lowest BCUT2D eigenvalue weighted by Gasteiger charge is -2.32. The highest BCUT2D eigenvalue weighted by atomic mass is 16.6. The Kier molecular flexibility index (Phi) is 11.1. The summed E-state index contributed by atoms with van der Waals surface area (Å²) < 4.78 is 14.7. The topological polar surface area (TPSA) is 174 Å². The number of aromatic nitrogens is 4. The first-order valence-electron chi connectivity index (χ1n) is 13.7. The van der Waals surface area contributed by atoms with Crippen molar-refractivity contribution in [3.8, 4) is 0 Å². The summed E-state index contributed by atoms with van der Waals surface area (Å²) >= 11 is 0. The van der Waals surface area contributed by atoms with Crippen LogP contribution in [-0.2, 0) is 23.8 Å². The SMILES string of the molecule is COC(=O)c1ccnc(N2CCC(C(=O)O)CC2)n1.COC(=O)c1ccnc(N2CCC(C(=O)OC(C)(C)C)CC2)n1. The maximum atomic E-state index is 12.1. The van der Waals surface area contributed by atoms with E-state index < -0.39 is 23.5 Å². The number of anilines is 2. The number of hydrogen-bond donors (Lipinski definition) is 1. The Bertz CT molecular complexity index is 1250. The Hall–Kier alpha value is -4.36. The molecule has 14 heteroatoms. The fraction of sp³-hybridized carbons (Fsp3) is 0.571. The molecule has 0 spiro atoms. The first-order valence-corrected chi connectivity index (χ1v) is 13.7. The number of hydrogen-bond acceptors (Lipinski definition) is 13. The van der Waals surface area contributed by atoms with E-state index in [1.54, 1.807) is 0 Å². The number of carbonyl (C=O) groups excluding carboxylic acids is 3. The van der Waals surface area contributed by atoms with E-state index in [0.29, 0.717) is 63.8 Å². The van der Waals surface area contributed by atoms with Gasteiger partial charge in [-0.3, -0.25) is 9.59 Å². The van der Waals surface area contributed by atoms with E-state index in [1.165, 1.54) is 38.7 Å². The minimum absolute atomic E-state index is 0.103. The summed E-state index contributed by atoms with van der Waals surface area (Å²) in [6.07, 6.45) is 5.51. The third-order valence-electron chi connectivity index (χ3n) is 6.72. The van der Waals surface area contributed by atoms with Crippen LogP contribution in [0.4, 0.5) is 11.9 Å². The van der Waals surface area contributed by atoms with Crippen molar-refractivity contribution in [2.75, 3.05) is 50.2 Å². The molecule has 0 amide bonds.